The molecular weight excluding hydrogens is 282 g/mol. The first-order chi connectivity index (χ1) is 10.6. The van der Waals surface area contributed by atoms with E-state index in [1.54, 1.807) is 54.6 Å². The summed E-state index contributed by atoms with van der Waals surface area (Å²) in [5, 5.41) is 12.3. The van der Waals surface area contributed by atoms with Crippen molar-refractivity contribution in [1.82, 2.24) is 0 Å². The van der Waals surface area contributed by atoms with Gasteiger partial charge in [-0.1, -0.05) is 42.5 Å². The Balaban J connectivity index is 2.11. The van der Waals surface area contributed by atoms with Crippen LogP contribution < -0.4 is 10.1 Å². The number of methoxy groups -OCH3 is 1. The quantitative estimate of drug-likeness (QED) is 0.505. The first-order valence-electron chi connectivity index (χ1n) is 6.56. The second kappa shape index (κ2) is 7.08. The number of ether oxygens (including phenoxy) is 1. The molecule has 0 aliphatic heterocycles. The van der Waals surface area contributed by atoms with Crippen LogP contribution in [-0.4, -0.2) is 23.9 Å². The number of nitrogens with one attached hydrogen (secondary N) is 1. The Morgan fingerprint density at radius 3 is 2.36 bits per heavy atom. The minimum Gasteiger partial charge on any atom is -0.507 e. The number of anilines is 1. The number of hydrogen-bond acceptors (Lipinski definition) is 4. The number of carbonyl (C=O) groups is 2. The lowest BCUT2D eigenvalue weighted by Crippen LogP contribution is -2.21. The Labute approximate surface area is 127 Å². The molecule has 0 aliphatic carbocycles. The van der Waals surface area contributed by atoms with E-state index in [9.17, 15) is 14.7 Å². The maximum atomic E-state index is 11.9. The van der Waals surface area contributed by atoms with Crippen LogP contribution in [0.5, 0.6) is 5.75 Å². The van der Waals surface area contributed by atoms with E-state index in [-0.39, 0.29) is 5.76 Å². The van der Waals surface area contributed by atoms with Gasteiger partial charge in [0.05, 0.1) is 12.8 Å². The number of carbonyl (C=O) groups excluding carboxylic acids is 2. The Morgan fingerprint density at radius 1 is 1.05 bits per heavy atom. The fourth-order valence-corrected chi connectivity index (χ4v) is 1.81. The fourth-order valence-electron chi connectivity index (χ4n) is 1.81. The third kappa shape index (κ3) is 3.73. The Kier molecular flexibility index (Phi) is 4.93. The Hall–Kier alpha value is -3.08. The zero-order valence-corrected chi connectivity index (χ0v) is 11.9. The van der Waals surface area contributed by atoms with Crippen molar-refractivity contribution in [3.8, 4) is 5.75 Å². The van der Waals surface area contributed by atoms with Crippen LogP contribution in [0.4, 0.5) is 5.69 Å². The van der Waals surface area contributed by atoms with Gasteiger partial charge in [-0.25, -0.2) is 0 Å². The van der Waals surface area contributed by atoms with E-state index >= 15 is 0 Å². The van der Waals surface area contributed by atoms with Crippen molar-refractivity contribution in [3.63, 3.8) is 0 Å². The molecule has 0 saturated carbocycles. The molecule has 2 N–H and O–H groups in total. The molecule has 22 heavy (non-hydrogen) atoms. The second-order valence-electron chi connectivity index (χ2n) is 4.41. The first kappa shape index (κ1) is 15.3. The van der Waals surface area contributed by atoms with Gasteiger partial charge in [0.2, 0.25) is 5.78 Å². The van der Waals surface area contributed by atoms with Crippen LogP contribution in [-0.2, 0) is 9.59 Å². The average Bonchev–Trinajstić information content (AvgIpc) is 2.56. The normalized spacial score (nSPS) is 10.9. The Morgan fingerprint density at radius 2 is 1.68 bits per heavy atom. The molecule has 112 valence electrons. The van der Waals surface area contributed by atoms with Gasteiger partial charge in [0.15, 0.2) is 0 Å². The molecule has 0 spiro atoms. The number of amides is 1. The average molecular weight is 297 g/mol. The van der Waals surface area contributed by atoms with Gasteiger partial charge in [-0.2, -0.15) is 0 Å². The molecule has 0 fully saturated rings. The van der Waals surface area contributed by atoms with Crippen molar-refractivity contribution >= 4 is 23.1 Å². The number of benzene rings is 2. The number of aliphatic hydroxyl groups is 1. The molecule has 0 aliphatic rings. The van der Waals surface area contributed by atoms with Crippen molar-refractivity contribution < 1.29 is 19.4 Å². The highest BCUT2D eigenvalue weighted by molar-refractivity contribution is 6.45. The van der Waals surface area contributed by atoms with Crippen molar-refractivity contribution in [3.05, 3.63) is 66.2 Å². The summed E-state index contributed by atoms with van der Waals surface area (Å²) in [6.45, 7) is 0. The third-order valence-corrected chi connectivity index (χ3v) is 2.92. The molecule has 2 aromatic carbocycles. The number of aliphatic hydroxyl groups excluding tert-OH is 1. The van der Waals surface area contributed by atoms with Gasteiger partial charge in [0.1, 0.15) is 11.5 Å². The first-order valence-corrected chi connectivity index (χ1v) is 6.56. The molecule has 0 atom stereocenters. The lowest BCUT2D eigenvalue weighted by atomic mass is 10.1. The topological polar surface area (TPSA) is 75.6 Å². The van der Waals surface area contributed by atoms with E-state index in [0.717, 1.165) is 6.08 Å². The maximum Gasteiger partial charge on any atom is 0.296 e. The van der Waals surface area contributed by atoms with Gasteiger partial charge in [-0.15, -0.1) is 0 Å². The largest absolute Gasteiger partial charge is 0.507 e. The predicted molar refractivity (Wildman–Crippen MR) is 83.7 cm³/mol. The monoisotopic (exact) mass is 297 g/mol. The maximum absolute atomic E-state index is 11.9. The summed E-state index contributed by atoms with van der Waals surface area (Å²) in [5.74, 6) is -1.53. The molecule has 0 saturated heterocycles. The number of para-hydroxylation sites is 2. The fraction of sp³-hybridized carbons (Fsp3) is 0.0588. The molecule has 5 nitrogen and oxygen atoms in total. The van der Waals surface area contributed by atoms with Crippen molar-refractivity contribution in [1.29, 1.82) is 0 Å². The smallest absolute Gasteiger partial charge is 0.296 e. The minimum absolute atomic E-state index is 0.263. The van der Waals surface area contributed by atoms with E-state index in [0.29, 0.717) is 17.0 Å². The summed E-state index contributed by atoms with van der Waals surface area (Å²) in [6.07, 6.45) is 0.889. The van der Waals surface area contributed by atoms with Gasteiger partial charge in [0.25, 0.3) is 5.91 Å². The summed E-state index contributed by atoms with van der Waals surface area (Å²) in [7, 11) is 1.47. The number of ketones is 1. The summed E-state index contributed by atoms with van der Waals surface area (Å²) < 4.78 is 5.09. The summed E-state index contributed by atoms with van der Waals surface area (Å²) in [4.78, 5) is 23.7. The molecule has 0 aromatic heterocycles. The van der Waals surface area contributed by atoms with Crippen molar-refractivity contribution in [2.45, 2.75) is 0 Å². The molecule has 5 heteroatoms. The lowest BCUT2D eigenvalue weighted by Gasteiger charge is -2.08. The van der Waals surface area contributed by atoms with Crippen LogP contribution >= 0.6 is 0 Å². The van der Waals surface area contributed by atoms with Gasteiger partial charge >= 0.3 is 0 Å². The third-order valence-electron chi connectivity index (χ3n) is 2.92. The molecule has 0 bridgehead atoms. The van der Waals surface area contributed by atoms with E-state index in [4.69, 9.17) is 4.74 Å². The van der Waals surface area contributed by atoms with Crippen LogP contribution in [0.15, 0.2) is 60.7 Å². The van der Waals surface area contributed by atoms with Gasteiger partial charge in [-0.05, 0) is 12.1 Å². The predicted octanol–water partition coefficient (Wildman–Crippen LogP) is 2.80. The second-order valence-corrected chi connectivity index (χ2v) is 4.41. The zero-order valence-electron chi connectivity index (χ0n) is 11.9. The minimum atomic E-state index is -0.855. The van der Waals surface area contributed by atoms with E-state index < -0.39 is 11.7 Å². The highest BCUT2D eigenvalue weighted by Crippen LogP contribution is 2.23. The number of rotatable bonds is 5. The molecule has 1 amide bonds. The summed E-state index contributed by atoms with van der Waals surface area (Å²) in [5.41, 5.74) is 0.844. The zero-order chi connectivity index (χ0) is 15.9. The highest BCUT2D eigenvalue weighted by Gasteiger charge is 2.15. The highest BCUT2D eigenvalue weighted by atomic mass is 16.5. The SMILES string of the molecule is COc1ccccc1NC(=O)C(=O)C=C(O)c1ccccc1. The van der Waals surface area contributed by atoms with Crippen LogP contribution in [0.25, 0.3) is 5.76 Å². The standard InChI is InChI=1S/C17H15NO4/c1-22-16-10-6-5-9-13(16)18-17(21)15(20)11-14(19)12-7-3-2-4-8-12/h2-11,19H,1H3,(H,18,21). The van der Waals surface area contributed by atoms with E-state index in [1.807, 2.05) is 0 Å². The van der Waals surface area contributed by atoms with Crippen LogP contribution in [0.2, 0.25) is 0 Å². The van der Waals surface area contributed by atoms with Gasteiger partial charge in [-0.3, -0.25) is 9.59 Å². The number of hydrogen-bond donors (Lipinski definition) is 2. The molecule has 2 rings (SSSR count). The van der Waals surface area contributed by atoms with Crippen LogP contribution in [0, 0.1) is 0 Å². The Bertz CT molecular complexity index is 708. The van der Waals surface area contributed by atoms with E-state index in [1.165, 1.54) is 7.11 Å². The molecule has 2 aromatic rings. The van der Waals surface area contributed by atoms with Crippen LogP contribution in [0.1, 0.15) is 5.56 Å². The van der Waals surface area contributed by atoms with Gasteiger partial charge in [0, 0.05) is 11.6 Å². The van der Waals surface area contributed by atoms with Crippen molar-refractivity contribution in [2.75, 3.05) is 12.4 Å². The molecular formula is C17H15NO4. The summed E-state index contributed by atoms with van der Waals surface area (Å²) in [6, 6.07) is 15.2. The lowest BCUT2D eigenvalue weighted by molar-refractivity contribution is -0.132. The molecule has 0 heterocycles. The summed E-state index contributed by atoms with van der Waals surface area (Å²) >= 11 is 0. The molecule has 0 unspecified atom stereocenters. The van der Waals surface area contributed by atoms with Crippen LogP contribution in [0.3, 0.4) is 0 Å². The van der Waals surface area contributed by atoms with E-state index in [2.05, 4.69) is 5.32 Å². The van der Waals surface area contributed by atoms with Crippen molar-refractivity contribution in [2.24, 2.45) is 0 Å². The van der Waals surface area contributed by atoms with Gasteiger partial charge < -0.3 is 15.2 Å². The molecule has 0 radical (unpaired) electrons.